The number of benzene rings is 2. The van der Waals surface area contributed by atoms with Gasteiger partial charge in [-0.2, -0.15) is 0 Å². The lowest BCUT2D eigenvalue weighted by molar-refractivity contribution is 0.0697. The maximum atomic E-state index is 10.8. The lowest BCUT2D eigenvalue weighted by Crippen LogP contribution is -1.97. The van der Waals surface area contributed by atoms with E-state index in [0.717, 1.165) is 25.9 Å². The highest BCUT2D eigenvalue weighted by molar-refractivity contribution is 5.87. The zero-order valence-corrected chi connectivity index (χ0v) is 13.4. The number of rotatable bonds is 10. The van der Waals surface area contributed by atoms with Crippen molar-refractivity contribution in [2.75, 3.05) is 6.61 Å². The van der Waals surface area contributed by atoms with Gasteiger partial charge in [0.1, 0.15) is 0 Å². The molecule has 0 aliphatic carbocycles. The topological polar surface area (TPSA) is 46.5 Å². The zero-order valence-electron chi connectivity index (χ0n) is 13.4. The van der Waals surface area contributed by atoms with E-state index in [-0.39, 0.29) is 0 Å². The van der Waals surface area contributed by atoms with Crippen LogP contribution in [0.25, 0.3) is 0 Å². The average Bonchev–Trinajstić information content (AvgIpc) is 2.58. The molecule has 122 valence electrons. The summed E-state index contributed by atoms with van der Waals surface area (Å²) >= 11 is 0. The van der Waals surface area contributed by atoms with Gasteiger partial charge in [-0.05, 0) is 42.5 Å². The van der Waals surface area contributed by atoms with Crippen molar-refractivity contribution in [1.82, 2.24) is 0 Å². The fourth-order valence-corrected chi connectivity index (χ4v) is 2.47. The molecule has 3 heteroatoms. The van der Waals surface area contributed by atoms with E-state index in [9.17, 15) is 4.79 Å². The lowest BCUT2D eigenvalue weighted by Gasteiger charge is -2.05. The Morgan fingerprint density at radius 2 is 1.52 bits per heavy atom. The fraction of sp³-hybridized carbons (Fsp3) is 0.350. The van der Waals surface area contributed by atoms with Gasteiger partial charge in [-0.3, -0.25) is 0 Å². The molecule has 0 saturated heterocycles. The molecule has 3 nitrogen and oxygen atoms in total. The Bertz CT molecular complexity index is 576. The van der Waals surface area contributed by atoms with Crippen LogP contribution in [0.3, 0.4) is 0 Å². The largest absolute Gasteiger partial charge is 0.478 e. The Kier molecular flexibility index (Phi) is 7.34. The number of carboxylic acid groups (broad SMARTS) is 1. The first kappa shape index (κ1) is 17.2. The number of carbonyl (C=O) groups is 1. The summed E-state index contributed by atoms with van der Waals surface area (Å²) in [5.74, 6) is -0.868. The van der Waals surface area contributed by atoms with Crippen molar-refractivity contribution < 1.29 is 14.6 Å². The summed E-state index contributed by atoms with van der Waals surface area (Å²) in [4.78, 5) is 10.8. The predicted octanol–water partition coefficient (Wildman–Crippen LogP) is 4.70. The van der Waals surface area contributed by atoms with Gasteiger partial charge in [-0.1, -0.05) is 55.3 Å². The van der Waals surface area contributed by atoms with Crippen LogP contribution in [0, 0.1) is 0 Å². The van der Waals surface area contributed by atoms with Crippen LogP contribution in [0.4, 0.5) is 0 Å². The minimum atomic E-state index is -0.868. The Morgan fingerprint density at radius 1 is 0.826 bits per heavy atom. The normalized spacial score (nSPS) is 10.6. The third kappa shape index (κ3) is 6.66. The Hall–Kier alpha value is -2.13. The number of aryl methyl sites for hydroxylation is 1. The number of hydrogen-bond acceptors (Lipinski definition) is 2. The third-order valence-corrected chi connectivity index (χ3v) is 3.82. The molecule has 0 aliphatic rings. The summed E-state index contributed by atoms with van der Waals surface area (Å²) in [6.07, 6.45) is 5.57. The molecular weight excluding hydrogens is 288 g/mol. The SMILES string of the molecule is O=C(O)c1ccc(CCCCCCOCc2ccccc2)cc1. The van der Waals surface area contributed by atoms with Gasteiger partial charge in [0, 0.05) is 6.61 Å². The highest BCUT2D eigenvalue weighted by atomic mass is 16.5. The predicted molar refractivity (Wildman–Crippen MR) is 91.7 cm³/mol. The van der Waals surface area contributed by atoms with E-state index in [4.69, 9.17) is 9.84 Å². The van der Waals surface area contributed by atoms with Gasteiger partial charge < -0.3 is 9.84 Å². The van der Waals surface area contributed by atoms with E-state index in [1.54, 1.807) is 12.1 Å². The number of carboxylic acids is 1. The maximum Gasteiger partial charge on any atom is 0.335 e. The molecule has 0 aliphatic heterocycles. The lowest BCUT2D eigenvalue weighted by atomic mass is 10.0. The molecule has 0 spiro atoms. The molecule has 2 aromatic carbocycles. The molecule has 23 heavy (non-hydrogen) atoms. The van der Waals surface area contributed by atoms with Crippen LogP contribution >= 0.6 is 0 Å². The monoisotopic (exact) mass is 312 g/mol. The Labute approximate surface area is 137 Å². The summed E-state index contributed by atoms with van der Waals surface area (Å²) in [7, 11) is 0. The first-order valence-electron chi connectivity index (χ1n) is 8.19. The average molecular weight is 312 g/mol. The van der Waals surface area contributed by atoms with E-state index in [1.165, 1.54) is 24.0 Å². The second-order valence-electron chi connectivity index (χ2n) is 5.70. The van der Waals surface area contributed by atoms with Crippen molar-refractivity contribution in [3.05, 3.63) is 71.3 Å². The molecule has 0 bridgehead atoms. The van der Waals surface area contributed by atoms with Gasteiger partial charge in [-0.15, -0.1) is 0 Å². The summed E-state index contributed by atoms with van der Waals surface area (Å²) in [5.41, 5.74) is 2.77. The van der Waals surface area contributed by atoms with Gasteiger partial charge in [-0.25, -0.2) is 4.79 Å². The molecule has 0 heterocycles. The van der Waals surface area contributed by atoms with E-state index in [2.05, 4.69) is 12.1 Å². The third-order valence-electron chi connectivity index (χ3n) is 3.82. The number of ether oxygens (including phenoxy) is 1. The van der Waals surface area contributed by atoms with Crippen LogP contribution in [0.1, 0.15) is 47.2 Å². The smallest absolute Gasteiger partial charge is 0.335 e. The molecule has 0 atom stereocenters. The molecule has 2 rings (SSSR count). The molecule has 0 saturated carbocycles. The van der Waals surface area contributed by atoms with Gasteiger partial charge in [0.25, 0.3) is 0 Å². The van der Waals surface area contributed by atoms with E-state index in [0.29, 0.717) is 12.2 Å². The Morgan fingerprint density at radius 3 is 2.22 bits per heavy atom. The van der Waals surface area contributed by atoms with Gasteiger partial charge >= 0.3 is 5.97 Å². The summed E-state index contributed by atoms with van der Waals surface area (Å²) in [5, 5.41) is 8.85. The summed E-state index contributed by atoms with van der Waals surface area (Å²) < 4.78 is 5.66. The highest BCUT2D eigenvalue weighted by Crippen LogP contribution is 2.10. The summed E-state index contributed by atoms with van der Waals surface area (Å²) in [6.45, 7) is 1.50. The minimum Gasteiger partial charge on any atom is -0.478 e. The van der Waals surface area contributed by atoms with Crippen molar-refractivity contribution in [3.8, 4) is 0 Å². The first-order chi connectivity index (χ1) is 11.3. The van der Waals surface area contributed by atoms with E-state index in [1.807, 2.05) is 30.3 Å². The van der Waals surface area contributed by atoms with Crippen LogP contribution in [-0.2, 0) is 17.8 Å². The second-order valence-corrected chi connectivity index (χ2v) is 5.70. The molecule has 0 amide bonds. The molecule has 0 unspecified atom stereocenters. The summed E-state index contributed by atoms with van der Waals surface area (Å²) in [6, 6.07) is 17.4. The second kappa shape index (κ2) is 9.80. The van der Waals surface area contributed by atoms with Crippen LogP contribution in [0.15, 0.2) is 54.6 Å². The molecule has 1 N–H and O–H groups in total. The van der Waals surface area contributed by atoms with Crippen LogP contribution in [-0.4, -0.2) is 17.7 Å². The van der Waals surface area contributed by atoms with Gasteiger partial charge in [0.05, 0.1) is 12.2 Å². The molecule has 0 aromatic heterocycles. The number of hydrogen-bond donors (Lipinski definition) is 1. The molecule has 2 aromatic rings. The van der Waals surface area contributed by atoms with Crippen molar-refractivity contribution in [3.63, 3.8) is 0 Å². The standard InChI is InChI=1S/C20H24O3/c21-20(22)19-13-11-17(12-14-19)8-4-1-2-7-15-23-16-18-9-5-3-6-10-18/h3,5-6,9-14H,1-2,4,7-8,15-16H2,(H,21,22). The number of aromatic carboxylic acids is 1. The highest BCUT2D eigenvalue weighted by Gasteiger charge is 2.01. The van der Waals surface area contributed by atoms with E-state index < -0.39 is 5.97 Å². The molecule has 0 radical (unpaired) electrons. The van der Waals surface area contributed by atoms with Crippen molar-refractivity contribution in [2.24, 2.45) is 0 Å². The van der Waals surface area contributed by atoms with Crippen molar-refractivity contribution in [1.29, 1.82) is 0 Å². The molecular formula is C20H24O3. The van der Waals surface area contributed by atoms with Crippen LogP contribution in [0.2, 0.25) is 0 Å². The Balaban J connectivity index is 1.50. The number of unbranched alkanes of at least 4 members (excludes halogenated alkanes) is 3. The quantitative estimate of drug-likeness (QED) is 0.647. The van der Waals surface area contributed by atoms with Gasteiger partial charge in [0.2, 0.25) is 0 Å². The first-order valence-corrected chi connectivity index (χ1v) is 8.19. The molecule has 0 fully saturated rings. The van der Waals surface area contributed by atoms with Crippen molar-refractivity contribution >= 4 is 5.97 Å². The van der Waals surface area contributed by atoms with Crippen molar-refractivity contribution in [2.45, 2.75) is 38.7 Å². The van der Waals surface area contributed by atoms with Crippen LogP contribution < -0.4 is 0 Å². The maximum absolute atomic E-state index is 10.8. The minimum absolute atomic E-state index is 0.351. The van der Waals surface area contributed by atoms with E-state index >= 15 is 0 Å². The zero-order chi connectivity index (χ0) is 16.3. The van der Waals surface area contributed by atoms with Gasteiger partial charge in [0.15, 0.2) is 0 Å². The van der Waals surface area contributed by atoms with Crippen LogP contribution in [0.5, 0.6) is 0 Å². The fourth-order valence-electron chi connectivity index (χ4n) is 2.47.